The van der Waals surface area contributed by atoms with E-state index >= 15 is 0 Å². The number of hydrogen-bond acceptors (Lipinski definition) is 8. The summed E-state index contributed by atoms with van der Waals surface area (Å²) in [7, 11) is 4.46. The van der Waals surface area contributed by atoms with Gasteiger partial charge in [-0.15, -0.1) is 0 Å². The number of ether oxygens (including phenoxy) is 5. The highest BCUT2D eigenvalue weighted by atomic mass is 16.5. The third kappa shape index (κ3) is 4.75. The van der Waals surface area contributed by atoms with Crippen molar-refractivity contribution in [2.45, 2.75) is 0 Å². The first kappa shape index (κ1) is 22.5. The topological polar surface area (TPSA) is 130 Å². The molecule has 0 saturated carbocycles. The van der Waals surface area contributed by atoms with Gasteiger partial charge in [0.2, 0.25) is 11.5 Å². The third-order valence-corrected chi connectivity index (χ3v) is 4.47. The molecule has 2 N–H and O–H groups in total. The van der Waals surface area contributed by atoms with E-state index in [0.29, 0.717) is 28.4 Å². The SMILES string of the molecule is COc1ccc(C=C2Oc3cc(OCC(=O)NCC(=O)O)ccc3C2=O)c(OC)c1OC. The molecule has 3 rings (SSSR count). The molecule has 1 amide bonds. The van der Waals surface area contributed by atoms with Crippen LogP contribution >= 0.6 is 0 Å². The number of carboxylic acid groups (broad SMARTS) is 1. The van der Waals surface area contributed by atoms with Crippen molar-refractivity contribution < 1.29 is 43.2 Å². The Morgan fingerprint density at radius 3 is 2.47 bits per heavy atom. The van der Waals surface area contributed by atoms with Crippen molar-refractivity contribution in [3.05, 3.63) is 47.2 Å². The zero-order chi connectivity index (χ0) is 23.3. The minimum absolute atomic E-state index is 0.0712. The normalized spacial score (nSPS) is 13.2. The number of allylic oxidation sites excluding steroid dienone is 1. The van der Waals surface area contributed by atoms with Gasteiger partial charge >= 0.3 is 5.97 Å². The number of rotatable bonds is 9. The highest BCUT2D eigenvalue weighted by Crippen LogP contribution is 2.42. The molecule has 0 bridgehead atoms. The number of carboxylic acids is 1. The van der Waals surface area contributed by atoms with Crippen molar-refractivity contribution >= 4 is 23.7 Å². The fourth-order valence-corrected chi connectivity index (χ4v) is 3.01. The lowest BCUT2D eigenvalue weighted by Gasteiger charge is -2.14. The standard InChI is InChI=1S/C22H21NO9/c1-28-15-7-4-12(21(29-2)22(15)30-3)8-17-20(27)14-6-5-13(9-16(14)32-17)31-11-18(24)23-10-19(25)26/h4-9H,10-11H2,1-3H3,(H,23,24)(H,25,26). The van der Waals surface area contributed by atoms with Crippen LogP contribution in [0.3, 0.4) is 0 Å². The summed E-state index contributed by atoms with van der Waals surface area (Å²) < 4.78 is 27.1. The lowest BCUT2D eigenvalue weighted by atomic mass is 10.1. The highest BCUT2D eigenvalue weighted by Gasteiger charge is 2.28. The number of fused-ring (bicyclic) bond motifs is 1. The number of hydrogen-bond donors (Lipinski definition) is 2. The van der Waals surface area contributed by atoms with Gasteiger partial charge in [0.25, 0.3) is 5.91 Å². The molecular weight excluding hydrogens is 422 g/mol. The van der Waals surface area contributed by atoms with Gasteiger partial charge < -0.3 is 34.1 Å². The number of nitrogens with one attached hydrogen (secondary N) is 1. The number of benzene rings is 2. The molecule has 0 aliphatic carbocycles. The Morgan fingerprint density at radius 1 is 1.06 bits per heavy atom. The summed E-state index contributed by atoms with van der Waals surface area (Å²) in [6, 6.07) is 7.91. The molecule has 2 aromatic rings. The second-order valence-corrected chi connectivity index (χ2v) is 6.48. The lowest BCUT2D eigenvalue weighted by Crippen LogP contribution is -2.33. The van der Waals surface area contributed by atoms with E-state index in [0.717, 1.165) is 0 Å². The van der Waals surface area contributed by atoms with E-state index in [-0.39, 0.29) is 29.6 Å². The molecule has 2 aromatic carbocycles. The number of Topliss-reactive ketones (excluding diaryl/α,β-unsaturated/α-hetero) is 1. The molecule has 32 heavy (non-hydrogen) atoms. The van der Waals surface area contributed by atoms with Gasteiger partial charge in [-0.05, 0) is 30.3 Å². The Bertz CT molecular complexity index is 1090. The number of ketones is 1. The second-order valence-electron chi connectivity index (χ2n) is 6.48. The maximum atomic E-state index is 12.8. The summed E-state index contributed by atoms with van der Waals surface area (Å²) in [6.45, 7) is -0.886. The molecule has 0 saturated heterocycles. The zero-order valence-electron chi connectivity index (χ0n) is 17.6. The molecule has 0 radical (unpaired) electrons. The predicted molar refractivity (Wildman–Crippen MR) is 112 cm³/mol. The summed E-state index contributed by atoms with van der Waals surface area (Å²) >= 11 is 0. The summed E-state index contributed by atoms with van der Waals surface area (Å²) in [5.41, 5.74) is 0.881. The Hall–Kier alpha value is -4.21. The third-order valence-electron chi connectivity index (χ3n) is 4.47. The van der Waals surface area contributed by atoms with E-state index in [4.69, 9.17) is 28.8 Å². The van der Waals surface area contributed by atoms with E-state index in [9.17, 15) is 14.4 Å². The van der Waals surface area contributed by atoms with Crippen molar-refractivity contribution in [2.75, 3.05) is 34.5 Å². The number of aliphatic carboxylic acids is 1. The highest BCUT2D eigenvalue weighted by molar-refractivity contribution is 6.14. The average molecular weight is 443 g/mol. The minimum Gasteiger partial charge on any atom is -0.493 e. The largest absolute Gasteiger partial charge is 0.493 e. The summed E-state index contributed by atoms with van der Waals surface area (Å²) in [5.74, 6) is -0.227. The molecular formula is C22H21NO9. The van der Waals surface area contributed by atoms with Gasteiger partial charge in [0.05, 0.1) is 26.9 Å². The van der Waals surface area contributed by atoms with Crippen molar-refractivity contribution in [2.24, 2.45) is 0 Å². The van der Waals surface area contributed by atoms with E-state index in [1.54, 1.807) is 12.1 Å². The average Bonchev–Trinajstić information content (AvgIpc) is 3.10. The van der Waals surface area contributed by atoms with Crippen LogP contribution in [0.1, 0.15) is 15.9 Å². The Morgan fingerprint density at radius 2 is 1.81 bits per heavy atom. The first-order valence-corrected chi connectivity index (χ1v) is 9.36. The predicted octanol–water partition coefficient (Wildman–Crippen LogP) is 1.91. The molecule has 10 nitrogen and oxygen atoms in total. The van der Waals surface area contributed by atoms with Gasteiger partial charge in [0.1, 0.15) is 18.0 Å². The maximum Gasteiger partial charge on any atom is 0.322 e. The van der Waals surface area contributed by atoms with Crippen LogP contribution in [0.4, 0.5) is 0 Å². The van der Waals surface area contributed by atoms with Crippen LogP contribution < -0.4 is 29.0 Å². The summed E-state index contributed by atoms with van der Waals surface area (Å²) in [4.78, 5) is 34.8. The first-order chi connectivity index (χ1) is 15.4. The molecule has 0 fully saturated rings. The van der Waals surface area contributed by atoms with Crippen LogP contribution in [0.5, 0.6) is 28.7 Å². The van der Waals surface area contributed by atoms with Gasteiger partial charge in [-0.3, -0.25) is 14.4 Å². The first-order valence-electron chi connectivity index (χ1n) is 9.36. The molecule has 1 aliphatic rings. The summed E-state index contributed by atoms with van der Waals surface area (Å²) in [5, 5.41) is 10.8. The van der Waals surface area contributed by atoms with Crippen LogP contribution in [-0.4, -0.2) is 57.2 Å². The Kier molecular flexibility index (Phi) is 6.83. The number of amides is 1. The summed E-state index contributed by atoms with van der Waals surface area (Å²) in [6.07, 6.45) is 1.53. The van der Waals surface area contributed by atoms with Crippen LogP contribution in [-0.2, 0) is 9.59 Å². The van der Waals surface area contributed by atoms with E-state index in [2.05, 4.69) is 5.32 Å². The molecule has 1 aliphatic heterocycles. The number of carbonyl (C=O) groups excluding carboxylic acids is 2. The molecule has 0 atom stereocenters. The van der Waals surface area contributed by atoms with E-state index in [1.165, 1.54) is 45.6 Å². The van der Waals surface area contributed by atoms with Crippen LogP contribution in [0, 0.1) is 0 Å². The van der Waals surface area contributed by atoms with Crippen LogP contribution in [0.25, 0.3) is 6.08 Å². The van der Waals surface area contributed by atoms with Crippen LogP contribution in [0.2, 0.25) is 0 Å². The van der Waals surface area contributed by atoms with Gasteiger partial charge in [0.15, 0.2) is 23.9 Å². The minimum atomic E-state index is -1.16. The molecule has 0 unspecified atom stereocenters. The lowest BCUT2D eigenvalue weighted by molar-refractivity contribution is -0.138. The van der Waals surface area contributed by atoms with Gasteiger partial charge in [-0.25, -0.2) is 0 Å². The van der Waals surface area contributed by atoms with Crippen molar-refractivity contribution in [3.63, 3.8) is 0 Å². The van der Waals surface area contributed by atoms with Crippen molar-refractivity contribution in [1.82, 2.24) is 5.32 Å². The maximum absolute atomic E-state index is 12.8. The smallest absolute Gasteiger partial charge is 0.322 e. The zero-order valence-corrected chi connectivity index (χ0v) is 17.6. The molecule has 168 valence electrons. The fourth-order valence-electron chi connectivity index (χ4n) is 3.01. The molecule has 0 spiro atoms. The van der Waals surface area contributed by atoms with Crippen molar-refractivity contribution in [3.8, 4) is 28.7 Å². The van der Waals surface area contributed by atoms with Crippen molar-refractivity contribution in [1.29, 1.82) is 0 Å². The Labute approximate surface area is 183 Å². The van der Waals surface area contributed by atoms with Crippen LogP contribution in [0.15, 0.2) is 36.1 Å². The number of methoxy groups -OCH3 is 3. The quantitative estimate of drug-likeness (QED) is 0.558. The monoisotopic (exact) mass is 443 g/mol. The molecule has 0 aromatic heterocycles. The Balaban J connectivity index is 1.79. The van der Waals surface area contributed by atoms with Gasteiger partial charge in [-0.2, -0.15) is 0 Å². The second kappa shape index (κ2) is 9.73. The van der Waals surface area contributed by atoms with E-state index in [1.807, 2.05) is 0 Å². The van der Waals surface area contributed by atoms with E-state index < -0.39 is 18.4 Å². The van der Waals surface area contributed by atoms with Gasteiger partial charge in [-0.1, -0.05) is 0 Å². The molecule has 10 heteroatoms. The fraction of sp³-hybridized carbons (Fsp3) is 0.227. The molecule has 1 heterocycles. The van der Waals surface area contributed by atoms with Gasteiger partial charge in [0, 0.05) is 11.6 Å². The number of carbonyl (C=O) groups is 3.